The monoisotopic (exact) mass is 593 g/mol. The van der Waals surface area contributed by atoms with Crippen LogP contribution >= 0.6 is 0 Å². The van der Waals surface area contributed by atoms with Crippen LogP contribution in [0.3, 0.4) is 0 Å². The third-order valence-corrected chi connectivity index (χ3v) is 7.40. The Morgan fingerprint density at radius 2 is 1.95 bits per heavy atom. The molecule has 1 N–H and O–H groups in total. The van der Waals surface area contributed by atoms with Crippen molar-refractivity contribution in [1.82, 2.24) is 24.9 Å². The van der Waals surface area contributed by atoms with E-state index in [1.807, 2.05) is 18.2 Å². The molecule has 224 valence electrons. The Balaban J connectivity index is 1.31. The standard InChI is InChI=1S/C31H30F3N5O4/c1-4-41-27(40)13-18-5-7-24-25-12-19(6-8-26(25)36-28(18)24)29-37-30(43-38-29)21-9-20(10-23(11-21)42-31(32,33)34)22-14-35-39(16-22)15-17(2)3/h6,8-12,14,16-18,36H,4-5,7,13,15H2,1-3H3. The van der Waals surface area contributed by atoms with Crippen LogP contribution in [0.4, 0.5) is 13.2 Å². The number of alkyl halides is 3. The second kappa shape index (κ2) is 11.2. The molecule has 0 saturated heterocycles. The number of H-pyrrole nitrogens is 1. The van der Waals surface area contributed by atoms with Gasteiger partial charge in [0.2, 0.25) is 5.82 Å². The van der Waals surface area contributed by atoms with Gasteiger partial charge in [0.15, 0.2) is 0 Å². The van der Waals surface area contributed by atoms with Gasteiger partial charge in [0.1, 0.15) is 5.75 Å². The summed E-state index contributed by atoms with van der Waals surface area (Å²) in [6.07, 6.45) is 0.494. The first-order chi connectivity index (χ1) is 20.6. The van der Waals surface area contributed by atoms with Crippen molar-refractivity contribution in [3.05, 3.63) is 60.0 Å². The smallest absolute Gasteiger partial charge is 0.466 e. The van der Waals surface area contributed by atoms with Gasteiger partial charge in [-0.3, -0.25) is 9.48 Å². The minimum Gasteiger partial charge on any atom is -0.466 e. The molecular weight excluding hydrogens is 563 g/mol. The zero-order valence-electron chi connectivity index (χ0n) is 23.9. The molecule has 43 heavy (non-hydrogen) atoms. The summed E-state index contributed by atoms with van der Waals surface area (Å²) in [6, 6.07) is 9.93. The van der Waals surface area contributed by atoms with E-state index in [9.17, 15) is 18.0 Å². The molecule has 1 unspecified atom stereocenters. The van der Waals surface area contributed by atoms with Crippen LogP contribution in [-0.4, -0.2) is 43.8 Å². The van der Waals surface area contributed by atoms with Gasteiger partial charge in [-0.2, -0.15) is 10.1 Å². The van der Waals surface area contributed by atoms with E-state index in [-0.39, 0.29) is 23.3 Å². The third kappa shape index (κ3) is 6.13. The molecule has 12 heteroatoms. The van der Waals surface area contributed by atoms with E-state index >= 15 is 0 Å². The fourth-order valence-electron chi connectivity index (χ4n) is 5.64. The number of ether oxygens (including phenoxy) is 2. The number of hydrogen-bond acceptors (Lipinski definition) is 7. The SMILES string of the molecule is CCOC(=O)CC1CCc2c1[nH]c1ccc(-c3noc(-c4cc(OC(F)(F)F)cc(-c5cnn(CC(C)C)c5)c4)n3)cc21. The summed E-state index contributed by atoms with van der Waals surface area (Å²) in [6.45, 7) is 6.91. The first-order valence-corrected chi connectivity index (χ1v) is 14.1. The summed E-state index contributed by atoms with van der Waals surface area (Å²) in [5.41, 5.74) is 5.18. The number of nitrogens with one attached hydrogen (secondary N) is 1. The van der Waals surface area contributed by atoms with E-state index in [4.69, 9.17) is 9.26 Å². The first kappa shape index (κ1) is 28.5. The second-order valence-corrected chi connectivity index (χ2v) is 11.1. The predicted molar refractivity (Wildman–Crippen MR) is 152 cm³/mol. The molecule has 1 aliphatic carbocycles. The molecule has 0 aliphatic heterocycles. The summed E-state index contributed by atoms with van der Waals surface area (Å²) >= 11 is 0. The summed E-state index contributed by atoms with van der Waals surface area (Å²) in [7, 11) is 0. The second-order valence-electron chi connectivity index (χ2n) is 11.1. The lowest BCUT2D eigenvalue weighted by Gasteiger charge is -2.11. The van der Waals surface area contributed by atoms with E-state index in [0.29, 0.717) is 48.0 Å². The number of carbonyl (C=O) groups excluding carboxylic acids is 1. The molecule has 1 aliphatic rings. The fraction of sp³-hybridized carbons (Fsp3) is 0.355. The molecule has 9 nitrogen and oxygen atoms in total. The maximum absolute atomic E-state index is 13.2. The number of aryl methyl sites for hydroxylation is 1. The summed E-state index contributed by atoms with van der Waals surface area (Å²) in [5.74, 6) is 0.139. The predicted octanol–water partition coefficient (Wildman–Crippen LogP) is 7.29. The lowest BCUT2D eigenvalue weighted by atomic mass is 10.0. The molecule has 0 spiro atoms. The molecule has 2 aromatic carbocycles. The van der Waals surface area contributed by atoms with Crippen molar-refractivity contribution < 1.29 is 32.0 Å². The van der Waals surface area contributed by atoms with E-state index < -0.39 is 12.1 Å². The summed E-state index contributed by atoms with van der Waals surface area (Å²) < 4.78 is 56.2. The van der Waals surface area contributed by atoms with Crippen LogP contribution in [0.15, 0.2) is 53.3 Å². The highest BCUT2D eigenvalue weighted by molar-refractivity contribution is 5.89. The lowest BCUT2D eigenvalue weighted by molar-refractivity contribution is -0.274. The van der Waals surface area contributed by atoms with Crippen LogP contribution in [0.1, 0.15) is 50.8 Å². The van der Waals surface area contributed by atoms with Gasteiger partial charge in [-0.05, 0) is 73.2 Å². The maximum atomic E-state index is 13.2. The van der Waals surface area contributed by atoms with Crippen molar-refractivity contribution in [3.8, 4) is 39.7 Å². The van der Waals surface area contributed by atoms with Crippen LogP contribution in [0, 0.1) is 5.92 Å². The minimum atomic E-state index is -4.88. The van der Waals surface area contributed by atoms with Crippen LogP contribution in [-0.2, 0) is 22.5 Å². The van der Waals surface area contributed by atoms with Crippen molar-refractivity contribution in [2.45, 2.75) is 58.9 Å². The van der Waals surface area contributed by atoms with Gasteiger partial charge in [-0.1, -0.05) is 19.0 Å². The zero-order valence-corrected chi connectivity index (χ0v) is 23.9. The molecule has 0 amide bonds. The topological polar surface area (TPSA) is 108 Å². The number of benzene rings is 2. The molecule has 6 rings (SSSR count). The Kier molecular flexibility index (Phi) is 7.45. The van der Waals surface area contributed by atoms with Crippen LogP contribution in [0.5, 0.6) is 5.75 Å². The Morgan fingerprint density at radius 1 is 1.14 bits per heavy atom. The number of carbonyl (C=O) groups is 1. The van der Waals surface area contributed by atoms with Crippen molar-refractivity contribution in [2.24, 2.45) is 5.92 Å². The molecule has 0 saturated carbocycles. The van der Waals surface area contributed by atoms with Crippen molar-refractivity contribution in [1.29, 1.82) is 0 Å². The van der Waals surface area contributed by atoms with Crippen molar-refractivity contribution in [3.63, 3.8) is 0 Å². The van der Waals surface area contributed by atoms with Gasteiger partial charge in [-0.25, -0.2) is 0 Å². The summed E-state index contributed by atoms with van der Waals surface area (Å²) in [5, 5.41) is 9.47. The minimum absolute atomic E-state index is 0.0485. The fourth-order valence-corrected chi connectivity index (χ4v) is 5.64. The molecule has 0 bridgehead atoms. The Labute approximate surface area is 245 Å². The average Bonchev–Trinajstić information content (AvgIpc) is 3.73. The Hall–Kier alpha value is -4.61. The average molecular weight is 594 g/mol. The van der Waals surface area contributed by atoms with Gasteiger partial charge in [-0.15, -0.1) is 13.2 Å². The number of halogens is 3. The van der Waals surface area contributed by atoms with Gasteiger partial charge >= 0.3 is 12.3 Å². The van der Waals surface area contributed by atoms with E-state index in [1.54, 1.807) is 30.1 Å². The van der Waals surface area contributed by atoms with Crippen molar-refractivity contribution >= 4 is 16.9 Å². The number of aromatic nitrogens is 5. The molecule has 0 fully saturated rings. The number of nitrogens with zero attached hydrogens (tertiary/aromatic N) is 4. The number of hydrogen-bond donors (Lipinski definition) is 1. The van der Waals surface area contributed by atoms with E-state index in [2.05, 4.69) is 38.8 Å². The maximum Gasteiger partial charge on any atom is 0.573 e. The van der Waals surface area contributed by atoms with Crippen molar-refractivity contribution in [2.75, 3.05) is 6.61 Å². The third-order valence-electron chi connectivity index (χ3n) is 7.40. The van der Waals surface area contributed by atoms with Gasteiger partial charge in [0, 0.05) is 51.9 Å². The summed E-state index contributed by atoms with van der Waals surface area (Å²) in [4.78, 5) is 20.1. The highest BCUT2D eigenvalue weighted by atomic mass is 19.4. The zero-order chi connectivity index (χ0) is 30.3. The van der Waals surface area contributed by atoms with Gasteiger partial charge in [0.25, 0.3) is 5.89 Å². The molecule has 5 aromatic rings. The largest absolute Gasteiger partial charge is 0.573 e. The first-order valence-electron chi connectivity index (χ1n) is 14.1. The number of aromatic amines is 1. The quantitative estimate of drug-likeness (QED) is 0.179. The number of esters is 1. The van der Waals surface area contributed by atoms with Crippen LogP contribution in [0.2, 0.25) is 0 Å². The molecule has 3 heterocycles. The Morgan fingerprint density at radius 3 is 2.72 bits per heavy atom. The Bertz CT molecular complexity index is 1790. The number of fused-ring (bicyclic) bond motifs is 3. The number of rotatable bonds is 9. The van der Waals surface area contributed by atoms with E-state index in [1.165, 1.54) is 12.1 Å². The highest BCUT2D eigenvalue weighted by Gasteiger charge is 2.32. The lowest BCUT2D eigenvalue weighted by Crippen LogP contribution is -2.17. The molecule has 3 aromatic heterocycles. The van der Waals surface area contributed by atoms with Gasteiger partial charge < -0.3 is 19.0 Å². The van der Waals surface area contributed by atoms with E-state index in [0.717, 1.165) is 35.0 Å². The molecule has 1 atom stereocenters. The normalized spacial score (nSPS) is 14.9. The molecule has 0 radical (unpaired) electrons. The highest BCUT2D eigenvalue weighted by Crippen LogP contribution is 2.41. The van der Waals surface area contributed by atoms with Crippen LogP contribution < -0.4 is 4.74 Å². The van der Waals surface area contributed by atoms with Crippen LogP contribution in [0.25, 0.3) is 44.9 Å². The molecular formula is C31H30F3N5O4. The van der Waals surface area contributed by atoms with Gasteiger partial charge in [0.05, 0.1) is 19.2 Å².